The highest BCUT2D eigenvalue weighted by Crippen LogP contribution is 2.32. The molecule has 1 heterocycles. The summed E-state index contributed by atoms with van der Waals surface area (Å²) in [4.78, 5) is 12.8. The Labute approximate surface area is 153 Å². The SMILES string of the molecule is Cc1cccc(OC(C)(C)C(=O)Nc2onc(C)c2-c2ccccc2)c1. The van der Waals surface area contributed by atoms with E-state index in [1.165, 1.54) is 0 Å². The third-order valence-corrected chi connectivity index (χ3v) is 4.06. The zero-order valence-corrected chi connectivity index (χ0v) is 15.4. The van der Waals surface area contributed by atoms with E-state index in [2.05, 4.69) is 10.5 Å². The van der Waals surface area contributed by atoms with Gasteiger partial charge in [0.05, 0.1) is 11.3 Å². The Morgan fingerprint density at radius 1 is 1.08 bits per heavy atom. The molecule has 5 nitrogen and oxygen atoms in total. The van der Waals surface area contributed by atoms with Gasteiger partial charge in [-0.1, -0.05) is 47.6 Å². The number of amides is 1. The zero-order chi connectivity index (χ0) is 18.7. The second kappa shape index (κ2) is 7.04. The molecule has 3 aromatic rings. The van der Waals surface area contributed by atoms with Crippen LogP contribution in [-0.4, -0.2) is 16.7 Å². The van der Waals surface area contributed by atoms with Crippen LogP contribution in [0.25, 0.3) is 11.1 Å². The molecule has 0 fully saturated rings. The molecule has 0 spiro atoms. The van der Waals surface area contributed by atoms with Crippen LogP contribution in [0.2, 0.25) is 0 Å². The lowest BCUT2D eigenvalue weighted by molar-refractivity contribution is -0.128. The fourth-order valence-electron chi connectivity index (χ4n) is 2.67. The first kappa shape index (κ1) is 17.7. The van der Waals surface area contributed by atoms with Crippen molar-refractivity contribution in [3.8, 4) is 16.9 Å². The molecule has 0 aliphatic rings. The molecule has 0 saturated carbocycles. The van der Waals surface area contributed by atoms with Gasteiger partial charge in [-0.3, -0.25) is 10.1 Å². The molecule has 0 unspecified atom stereocenters. The highest BCUT2D eigenvalue weighted by molar-refractivity contribution is 5.99. The summed E-state index contributed by atoms with van der Waals surface area (Å²) in [7, 11) is 0. The van der Waals surface area contributed by atoms with Crippen LogP contribution >= 0.6 is 0 Å². The molecule has 0 radical (unpaired) electrons. The first-order valence-electron chi connectivity index (χ1n) is 8.45. The summed E-state index contributed by atoms with van der Waals surface area (Å²) in [5, 5.41) is 6.81. The third kappa shape index (κ3) is 3.77. The molecule has 26 heavy (non-hydrogen) atoms. The van der Waals surface area contributed by atoms with Crippen LogP contribution in [0.4, 0.5) is 5.88 Å². The minimum Gasteiger partial charge on any atom is -0.478 e. The second-order valence-electron chi connectivity index (χ2n) is 6.72. The highest BCUT2D eigenvalue weighted by Gasteiger charge is 2.32. The van der Waals surface area contributed by atoms with Gasteiger partial charge < -0.3 is 9.26 Å². The zero-order valence-electron chi connectivity index (χ0n) is 15.4. The van der Waals surface area contributed by atoms with E-state index in [4.69, 9.17) is 9.26 Å². The van der Waals surface area contributed by atoms with Crippen LogP contribution in [0.5, 0.6) is 5.75 Å². The Morgan fingerprint density at radius 2 is 1.81 bits per heavy atom. The van der Waals surface area contributed by atoms with Gasteiger partial charge in [0.25, 0.3) is 5.91 Å². The van der Waals surface area contributed by atoms with Gasteiger partial charge in [0.2, 0.25) is 5.88 Å². The number of hydrogen-bond acceptors (Lipinski definition) is 4. The summed E-state index contributed by atoms with van der Waals surface area (Å²) in [6, 6.07) is 17.3. The van der Waals surface area contributed by atoms with Gasteiger partial charge in [-0.2, -0.15) is 0 Å². The number of carbonyl (C=O) groups excluding carboxylic acids is 1. The van der Waals surface area contributed by atoms with Crippen molar-refractivity contribution in [3.05, 3.63) is 65.9 Å². The van der Waals surface area contributed by atoms with Crippen LogP contribution in [0, 0.1) is 13.8 Å². The summed E-state index contributed by atoms with van der Waals surface area (Å²) in [6.45, 7) is 7.26. The number of hydrogen-bond donors (Lipinski definition) is 1. The van der Waals surface area contributed by atoms with Crippen molar-refractivity contribution < 1.29 is 14.1 Å². The lowest BCUT2D eigenvalue weighted by atomic mass is 10.1. The van der Waals surface area contributed by atoms with Crippen LogP contribution < -0.4 is 10.1 Å². The molecule has 0 aliphatic carbocycles. The van der Waals surface area contributed by atoms with Gasteiger partial charge >= 0.3 is 0 Å². The van der Waals surface area contributed by atoms with Gasteiger partial charge in [-0.15, -0.1) is 0 Å². The standard InChI is InChI=1S/C21H22N2O3/c1-14-9-8-12-17(13-14)25-21(3,4)20(24)22-19-18(15(2)23-26-19)16-10-6-5-7-11-16/h5-13H,1-4H3,(H,22,24). The molecule has 0 aliphatic heterocycles. The van der Waals surface area contributed by atoms with Crippen molar-refractivity contribution in [2.24, 2.45) is 0 Å². The van der Waals surface area contributed by atoms with E-state index in [0.29, 0.717) is 17.3 Å². The lowest BCUT2D eigenvalue weighted by Gasteiger charge is -2.25. The number of aryl methyl sites for hydroxylation is 2. The number of nitrogens with one attached hydrogen (secondary N) is 1. The predicted molar refractivity (Wildman–Crippen MR) is 101 cm³/mol. The minimum absolute atomic E-state index is 0.313. The highest BCUT2D eigenvalue weighted by atomic mass is 16.5. The Morgan fingerprint density at radius 3 is 2.50 bits per heavy atom. The van der Waals surface area contributed by atoms with E-state index in [0.717, 1.165) is 16.7 Å². The van der Waals surface area contributed by atoms with Crippen molar-refractivity contribution in [2.45, 2.75) is 33.3 Å². The van der Waals surface area contributed by atoms with Gasteiger partial charge in [0.1, 0.15) is 5.75 Å². The van der Waals surface area contributed by atoms with E-state index < -0.39 is 5.60 Å². The van der Waals surface area contributed by atoms with Gasteiger partial charge in [-0.05, 0) is 51.0 Å². The molecule has 134 valence electrons. The van der Waals surface area contributed by atoms with Gasteiger partial charge in [0.15, 0.2) is 5.60 Å². The van der Waals surface area contributed by atoms with Crippen molar-refractivity contribution >= 4 is 11.8 Å². The first-order chi connectivity index (χ1) is 12.4. The van der Waals surface area contributed by atoms with Crippen molar-refractivity contribution in [2.75, 3.05) is 5.32 Å². The number of anilines is 1. The van der Waals surface area contributed by atoms with Crippen molar-refractivity contribution in [1.82, 2.24) is 5.16 Å². The van der Waals surface area contributed by atoms with E-state index in [1.54, 1.807) is 13.8 Å². The number of aromatic nitrogens is 1. The molecular weight excluding hydrogens is 328 g/mol. The Bertz CT molecular complexity index is 914. The Balaban J connectivity index is 1.82. The molecule has 0 bridgehead atoms. The molecule has 1 N–H and O–H groups in total. The monoisotopic (exact) mass is 350 g/mol. The molecule has 0 atom stereocenters. The number of nitrogens with zero attached hydrogens (tertiary/aromatic N) is 1. The molecule has 2 aromatic carbocycles. The lowest BCUT2D eigenvalue weighted by Crippen LogP contribution is -2.42. The van der Waals surface area contributed by atoms with E-state index >= 15 is 0 Å². The summed E-state index contributed by atoms with van der Waals surface area (Å²) >= 11 is 0. The van der Waals surface area contributed by atoms with E-state index in [9.17, 15) is 4.79 Å². The molecular formula is C21H22N2O3. The largest absolute Gasteiger partial charge is 0.478 e. The summed E-state index contributed by atoms with van der Waals surface area (Å²) < 4.78 is 11.2. The van der Waals surface area contributed by atoms with Crippen molar-refractivity contribution in [3.63, 3.8) is 0 Å². The van der Waals surface area contributed by atoms with Gasteiger partial charge in [-0.25, -0.2) is 0 Å². The maximum atomic E-state index is 12.8. The predicted octanol–water partition coefficient (Wildman–Crippen LogP) is 4.75. The fraction of sp³-hybridized carbons (Fsp3) is 0.238. The summed E-state index contributed by atoms with van der Waals surface area (Å²) in [5.74, 6) is 0.647. The average Bonchev–Trinajstić information content (AvgIpc) is 2.95. The number of rotatable bonds is 5. The smallest absolute Gasteiger partial charge is 0.270 e. The minimum atomic E-state index is -1.08. The number of benzene rings is 2. The first-order valence-corrected chi connectivity index (χ1v) is 8.45. The maximum absolute atomic E-state index is 12.8. The van der Waals surface area contributed by atoms with Gasteiger partial charge in [0, 0.05) is 0 Å². The molecule has 0 saturated heterocycles. The molecule has 5 heteroatoms. The van der Waals surface area contributed by atoms with E-state index in [1.807, 2.05) is 68.4 Å². The second-order valence-corrected chi connectivity index (χ2v) is 6.72. The normalized spacial score (nSPS) is 11.2. The quantitative estimate of drug-likeness (QED) is 0.721. The number of ether oxygens (including phenoxy) is 1. The van der Waals surface area contributed by atoms with E-state index in [-0.39, 0.29) is 5.91 Å². The van der Waals surface area contributed by atoms with Crippen LogP contribution in [-0.2, 0) is 4.79 Å². The summed E-state index contributed by atoms with van der Waals surface area (Å²) in [5.41, 5.74) is 2.40. The Kier molecular flexibility index (Phi) is 4.80. The summed E-state index contributed by atoms with van der Waals surface area (Å²) in [6.07, 6.45) is 0. The molecule has 1 aromatic heterocycles. The molecule has 3 rings (SSSR count). The topological polar surface area (TPSA) is 64.4 Å². The fourth-order valence-corrected chi connectivity index (χ4v) is 2.67. The van der Waals surface area contributed by atoms with Crippen molar-refractivity contribution in [1.29, 1.82) is 0 Å². The van der Waals surface area contributed by atoms with Crippen LogP contribution in [0.1, 0.15) is 25.1 Å². The number of carbonyl (C=O) groups is 1. The average molecular weight is 350 g/mol. The third-order valence-electron chi connectivity index (χ3n) is 4.06. The molecule has 1 amide bonds. The van der Waals surface area contributed by atoms with Crippen LogP contribution in [0.3, 0.4) is 0 Å². The van der Waals surface area contributed by atoms with Crippen LogP contribution in [0.15, 0.2) is 59.1 Å². The Hall–Kier alpha value is -3.08. The maximum Gasteiger partial charge on any atom is 0.270 e.